The Balaban J connectivity index is 2.31. The van der Waals surface area contributed by atoms with Crippen LogP contribution in [0.3, 0.4) is 0 Å². The van der Waals surface area contributed by atoms with Gasteiger partial charge in [0.25, 0.3) is 0 Å². The van der Waals surface area contributed by atoms with E-state index in [1.165, 1.54) is 0 Å². The summed E-state index contributed by atoms with van der Waals surface area (Å²) in [6, 6.07) is 2.21. The van der Waals surface area contributed by atoms with Crippen LogP contribution in [0.15, 0.2) is 12.1 Å². The number of fused-ring (bicyclic) bond motifs is 1. The molecule has 1 aromatic carbocycles. The summed E-state index contributed by atoms with van der Waals surface area (Å²) in [6.07, 6.45) is 0.226. The molecular weight excluding hydrogens is 290 g/mol. The first-order chi connectivity index (χ1) is 10.4. The van der Waals surface area contributed by atoms with Gasteiger partial charge in [-0.25, -0.2) is 13.8 Å². The van der Waals surface area contributed by atoms with Gasteiger partial charge in [0, 0.05) is 44.1 Å². The lowest BCUT2D eigenvalue weighted by Crippen LogP contribution is -2.29. The SMILES string of the molecule is CC(C)c1nc2cc(F)c(F)cc2n1CCC(=O)NCCN. The standard InChI is InChI=1S/C15H20F2N4O/c1-9(2)15-20-12-7-10(16)11(17)8-13(12)21(15)6-3-14(22)19-5-4-18/h7-9H,3-6,18H2,1-2H3,(H,19,22). The third kappa shape index (κ3) is 3.41. The molecule has 1 aromatic heterocycles. The van der Waals surface area contributed by atoms with E-state index < -0.39 is 11.6 Å². The number of amides is 1. The molecular formula is C15H20F2N4O. The van der Waals surface area contributed by atoms with Gasteiger partial charge in [0.15, 0.2) is 11.6 Å². The molecule has 120 valence electrons. The Bertz CT molecular complexity index is 682. The van der Waals surface area contributed by atoms with Crippen LogP contribution in [-0.2, 0) is 11.3 Å². The second-order valence-electron chi connectivity index (χ2n) is 5.42. The van der Waals surface area contributed by atoms with Crippen LogP contribution in [0.2, 0.25) is 0 Å². The minimum atomic E-state index is -0.923. The van der Waals surface area contributed by atoms with Crippen molar-refractivity contribution in [2.24, 2.45) is 5.73 Å². The molecule has 0 bridgehead atoms. The van der Waals surface area contributed by atoms with Crippen LogP contribution in [0, 0.1) is 11.6 Å². The summed E-state index contributed by atoms with van der Waals surface area (Å²) >= 11 is 0. The predicted molar refractivity (Wildman–Crippen MR) is 80.4 cm³/mol. The van der Waals surface area contributed by atoms with Crippen molar-refractivity contribution in [1.29, 1.82) is 0 Å². The number of hydrogen-bond donors (Lipinski definition) is 2. The predicted octanol–water partition coefficient (Wildman–Crippen LogP) is 1.90. The molecule has 1 heterocycles. The van der Waals surface area contributed by atoms with E-state index in [0.29, 0.717) is 36.5 Å². The van der Waals surface area contributed by atoms with Crippen LogP contribution in [0.4, 0.5) is 8.78 Å². The van der Waals surface area contributed by atoms with Crippen LogP contribution in [0.1, 0.15) is 32.0 Å². The summed E-state index contributed by atoms with van der Waals surface area (Å²) in [5.41, 5.74) is 6.22. The molecule has 0 aliphatic heterocycles. The number of carbonyl (C=O) groups excluding carboxylic acids is 1. The lowest BCUT2D eigenvalue weighted by atomic mass is 10.2. The van der Waals surface area contributed by atoms with E-state index >= 15 is 0 Å². The molecule has 2 rings (SSSR count). The highest BCUT2D eigenvalue weighted by Gasteiger charge is 2.17. The Kier molecular flexibility index (Phi) is 5.07. The third-order valence-corrected chi connectivity index (χ3v) is 3.37. The molecule has 2 aromatic rings. The number of carbonyl (C=O) groups is 1. The van der Waals surface area contributed by atoms with Gasteiger partial charge in [-0.05, 0) is 0 Å². The summed E-state index contributed by atoms with van der Waals surface area (Å²) in [7, 11) is 0. The number of benzene rings is 1. The molecule has 22 heavy (non-hydrogen) atoms. The summed E-state index contributed by atoms with van der Waals surface area (Å²) in [5, 5.41) is 2.68. The summed E-state index contributed by atoms with van der Waals surface area (Å²) in [5.74, 6) is -1.20. The number of aromatic nitrogens is 2. The average molecular weight is 310 g/mol. The molecule has 7 heteroatoms. The zero-order valence-electron chi connectivity index (χ0n) is 12.7. The quantitative estimate of drug-likeness (QED) is 0.856. The van der Waals surface area contributed by atoms with Gasteiger partial charge in [-0.15, -0.1) is 0 Å². The van der Waals surface area contributed by atoms with Crippen molar-refractivity contribution in [2.75, 3.05) is 13.1 Å². The van der Waals surface area contributed by atoms with Gasteiger partial charge in [0.2, 0.25) is 5.91 Å². The van der Waals surface area contributed by atoms with Crippen LogP contribution >= 0.6 is 0 Å². The maximum atomic E-state index is 13.5. The van der Waals surface area contributed by atoms with Gasteiger partial charge in [-0.3, -0.25) is 4.79 Å². The van der Waals surface area contributed by atoms with Crippen molar-refractivity contribution in [3.8, 4) is 0 Å². The second-order valence-corrected chi connectivity index (χ2v) is 5.42. The Morgan fingerprint density at radius 1 is 1.36 bits per heavy atom. The molecule has 0 saturated carbocycles. The number of halogens is 2. The summed E-state index contributed by atoms with van der Waals surface area (Å²) in [4.78, 5) is 16.1. The van der Waals surface area contributed by atoms with E-state index in [4.69, 9.17) is 5.73 Å². The fourth-order valence-electron chi connectivity index (χ4n) is 2.33. The van der Waals surface area contributed by atoms with Gasteiger partial charge in [-0.2, -0.15) is 0 Å². The van der Waals surface area contributed by atoms with E-state index in [2.05, 4.69) is 10.3 Å². The molecule has 0 unspecified atom stereocenters. The highest BCUT2D eigenvalue weighted by Crippen LogP contribution is 2.24. The molecule has 0 aliphatic rings. The Morgan fingerprint density at radius 3 is 2.68 bits per heavy atom. The van der Waals surface area contributed by atoms with Crippen molar-refractivity contribution in [3.63, 3.8) is 0 Å². The first-order valence-corrected chi connectivity index (χ1v) is 7.26. The van der Waals surface area contributed by atoms with Crippen molar-refractivity contribution in [1.82, 2.24) is 14.9 Å². The van der Waals surface area contributed by atoms with Crippen molar-refractivity contribution >= 4 is 16.9 Å². The highest BCUT2D eigenvalue weighted by molar-refractivity contribution is 5.78. The molecule has 3 N–H and O–H groups in total. The number of nitrogens with two attached hydrogens (primary N) is 1. The van der Waals surface area contributed by atoms with Gasteiger partial charge in [0.1, 0.15) is 5.82 Å². The van der Waals surface area contributed by atoms with Crippen molar-refractivity contribution < 1.29 is 13.6 Å². The molecule has 0 atom stereocenters. The molecule has 1 amide bonds. The van der Waals surface area contributed by atoms with Gasteiger partial charge in [-0.1, -0.05) is 13.8 Å². The zero-order valence-corrected chi connectivity index (χ0v) is 12.7. The van der Waals surface area contributed by atoms with Gasteiger partial charge < -0.3 is 15.6 Å². The van der Waals surface area contributed by atoms with Crippen molar-refractivity contribution in [3.05, 3.63) is 29.6 Å². The van der Waals surface area contributed by atoms with Crippen LogP contribution < -0.4 is 11.1 Å². The average Bonchev–Trinajstić information content (AvgIpc) is 2.81. The fourth-order valence-corrected chi connectivity index (χ4v) is 2.33. The van der Waals surface area contributed by atoms with E-state index in [1.807, 2.05) is 13.8 Å². The molecule has 0 spiro atoms. The number of aryl methyl sites for hydroxylation is 1. The normalized spacial score (nSPS) is 11.4. The first kappa shape index (κ1) is 16.4. The van der Waals surface area contributed by atoms with E-state index in [1.54, 1.807) is 4.57 Å². The number of nitrogens with one attached hydrogen (secondary N) is 1. The molecule has 0 aliphatic carbocycles. The van der Waals surface area contributed by atoms with Crippen molar-refractivity contribution in [2.45, 2.75) is 32.7 Å². The number of rotatable bonds is 6. The van der Waals surface area contributed by atoms with Gasteiger partial charge >= 0.3 is 0 Å². The largest absolute Gasteiger partial charge is 0.355 e. The first-order valence-electron chi connectivity index (χ1n) is 7.26. The minimum absolute atomic E-state index is 0.0747. The topological polar surface area (TPSA) is 72.9 Å². The Hall–Kier alpha value is -2.02. The zero-order chi connectivity index (χ0) is 16.3. The van der Waals surface area contributed by atoms with Crippen LogP contribution in [0.5, 0.6) is 0 Å². The highest BCUT2D eigenvalue weighted by atomic mass is 19.2. The maximum Gasteiger partial charge on any atom is 0.221 e. The van der Waals surface area contributed by atoms with E-state index in [9.17, 15) is 13.6 Å². The maximum absolute atomic E-state index is 13.5. The monoisotopic (exact) mass is 310 g/mol. The summed E-state index contributed by atoms with van der Waals surface area (Å²) < 4.78 is 28.6. The minimum Gasteiger partial charge on any atom is -0.355 e. The Morgan fingerprint density at radius 2 is 2.05 bits per heavy atom. The lowest BCUT2D eigenvalue weighted by molar-refractivity contribution is -0.121. The Labute approximate surface area is 127 Å². The number of hydrogen-bond acceptors (Lipinski definition) is 3. The van der Waals surface area contributed by atoms with E-state index in [0.717, 1.165) is 12.1 Å². The van der Waals surface area contributed by atoms with Crippen LogP contribution in [-0.4, -0.2) is 28.5 Å². The van der Waals surface area contributed by atoms with Crippen LogP contribution in [0.25, 0.3) is 11.0 Å². The molecule has 0 radical (unpaired) electrons. The smallest absolute Gasteiger partial charge is 0.221 e. The molecule has 0 saturated heterocycles. The second kappa shape index (κ2) is 6.83. The fraction of sp³-hybridized carbons (Fsp3) is 0.467. The summed E-state index contributed by atoms with van der Waals surface area (Å²) in [6.45, 7) is 5.03. The molecule has 5 nitrogen and oxygen atoms in total. The third-order valence-electron chi connectivity index (χ3n) is 3.37. The lowest BCUT2D eigenvalue weighted by Gasteiger charge is -2.11. The molecule has 0 fully saturated rings. The number of imidazole rings is 1. The number of nitrogens with zero attached hydrogens (tertiary/aromatic N) is 2. The van der Waals surface area contributed by atoms with Gasteiger partial charge in [0.05, 0.1) is 11.0 Å². The van der Waals surface area contributed by atoms with E-state index in [-0.39, 0.29) is 18.2 Å².